The molecule has 1 aliphatic heterocycles. The SMILES string of the molecule is CCC(NC(C)CCC(C)C)C1CCOC1. The molecule has 0 aromatic heterocycles. The van der Waals surface area contributed by atoms with Gasteiger partial charge in [0.25, 0.3) is 0 Å². The first-order valence-electron chi connectivity index (χ1n) is 6.97. The second-order valence-corrected chi connectivity index (χ2v) is 5.68. The molecule has 1 saturated heterocycles. The number of rotatable bonds is 7. The maximum Gasteiger partial charge on any atom is 0.0510 e. The van der Waals surface area contributed by atoms with Gasteiger partial charge >= 0.3 is 0 Å². The van der Waals surface area contributed by atoms with Gasteiger partial charge in [-0.3, -0.25) is 0 Å². The Balaban J connectivity index is 2.25. The average Bonchev–Trinajstić information content (AvgIpc) is 2.76. The summed E-state index contributed by atoms with van der Waals surface area (Å²) in [4.78, 5) is 0. The van der Waals surface area contributed by atoms with Crippen molar-refractivity contribution in [2.24, 2.45) is 11.8 Å². The van der Waals surface area contributed by atoms with Crippen molar-refractivity contribution >= 4 is 0 Å². The molecule has 1 N–H and O–H groups in total. The maximum atomic E-state index is 5.48. The van der Waals surface area contributed by atoms with Crippen molar-refractivity contribution in [2.45, 2.75) is 65.5 Å². The predicted octanol–water partition coefficient (Wildman–Crippen LogP) is 3.22. The molecule has 0 aromatic carbocycles. The smallest absolute Gasteiger partial charge is 0.0510 e. The molecule has 0 radical (unpaired) electrons. The van der Waals surface area contributed by atoms with Gasteiger partial charge in [0.1, 0.15) is 0 Å². The minimum absolute atomic E-state index is 0.646. The molecule has 0 aliphatic carbocycles. The van der Waals surface area contributed by atoms with Crippen LogP contribution in [0, 0.1) is 11.8 Å². The molecule has 2 nitrogen and oxygen atoms in total. The molecule has 1 aliphatic rings. The lowest BCUT2D eigenvalue weighted by atomic mass is 9.95. The standard InChI is InChI=1S/C14H29NO/c1-5-14(13-8-9-16-10-13)15-12(4)7-6-11(2)3/h11-15H,5-10H2,1-4H3. The zero-order chi connectivity index (χ0) is 12.0. The fourth-order valence-corrected chi connectivity index (χ4v) is 2.49. The first kappa shape index (κ1) is 14.0. The normalized spacial score (nSPS) is 24.9. The van der Waals surface area contributed by atoms with Crippen LogP contribution in [0.15, 0.2) is 0 Å². The highest BCUT2D eigenvalue weighted by Gasteiger charge is 2.25. The van der Waals surface area contributed by atoms with Crippen molar-refractivity contribution < 1.29 is 4.74 Å². The van der Waals surface area contributed by atoms with E-state index in [1.807, 2.05) is 0 Å². The molecular formula is C14H29NO. The summed E-state index contributed by atoms with van der Waals surface area (Å²) in [7, 11) is 0. The van der Waals surface area contributed by atoms with Gasteiger partial charge in [0.2, 0.25) is 0 Å². The minimum atomic E-state index is 0.646. The third-order valence-electron chi connectivity index (χ3n) is 3.65. The molecule has 0 amide bonds. The summed E-state index contributed by atoms with van der Waals surface area (Å²) in [5, 5.41) is 3.78. The predicted molar refractivity (Wildman–Crippen MR) is 69.7 cm³/mol. The highest BCUT2D eigenvalue weighted by molar-refractivity contribution is 4.80. The van der Waals surface area contributed by atoms with Crippen LogP contribution < -0.4 is 5.32 Å². The Kier molecular flexibility index (Phi) is 6.37. The zero-order valence-electron chi connectivity index (χ0n) is 11.5. The maximum absolute atomic E-state index is 5.48. The van der Waals surface area contributed by atoms with Crippen molar-refractivity contribution in [1.29, 1.82) is 0 Å². The lowest BCUT2D eigenvalue weighted by Gasteiger charge is -2.27. The van der Waals surface area contributed by atoms with Gasteiger partial charge in [-0.1, -0.05) is 20.8 Å². The summed E-state index contributed by atoms with van der Waals surface area (Å²) in [6.07, 6.45) is 5.08. The Bertz CT molecular complexity index is 176. The van der Waals surface area contributed by atoms with E-state index in [0.29, 0.717) is 12.1 Å². The summed E-state index contributed by atoms with van der Waals surface area (Å²) in [5.41, 5.74) is 0. The molecular weight excluding hydrogens is 198 g/mol. The first-order valence-corrected chi connectivity index (χ1v) is 6.97. The van der Waals surface area contributed by atoms with Crippen LogP contribution in [0.5, 0.6) is 0 Å². The quantitative estimate of drug-likeness (QED) is 0.721. The molecule has 1 fully saturated rings. The Morgan fingerprint density at radius 2 is 2.00 bits per heavy atom. The van der Waals surface area contributed by atoms with E-state index >= 15 is 0 Å². The molecule has 3 atom stereocenters. The molecule has 0 aromatic rings. The van der Waals surface area contributed by atoms with E-state index in [-0.39, 0.29) is 0 Å². The van der Waals surface area contributed by atoms with E-state index in [9.17, 15) is 0 Å². The van der Waals surface area contributed by atoms with Gasteiger partial charge in [0.05, 0.1) is 6.61 Å². The number of nitrogens with one attached hydrogen (secondary N) is 1. The van der Waals surface area contributed by atoms with E-state index in [1.54, 1.807) is 0 Å². The second-order valence-electron chi connectivity index (χ2n) is 5.68. The summed E-state index contributed by atoms with van der Waals surface area (Å²) in [6, 6.07) is 1.30. The van der Waals surface area contributed by atoms with Crippen LogP contribution in [0.25, 0.3) is 0 Å². The minimum Gasteiger partial charge on any atom is -0.381 e. The number of hydrogen-bond donors (Lipinski definition) is 1. The Morgan fingerprint density at radius 3 is 2.50 bits per heavy atom. The summed E-state index contributed by atoms with van der Waals surface area (Å²) in [6.45, 7) is 11.1. The molecule has 3 unspecified atom stereocenters. The molecule has 1 heterocycles. The Hall–Kier alpha value is -0.0800. The van der Waals surface area contributed by atoms with Gasteiger partial charge in [-0.15, -0.1) is 0 Å². The fraction of sp³-hybridized carbons (Fsp3) is 1.00. The van der Waals surface area contributed by atoms with Crippen molar-refractivity contribution in [3.8, 4) is 0 Å². The lowest BCUT2D eigenvalue weighted by Crippen LogP contribution is -2.41. The van der Waals surface area contributed by atoms with E-state index in [1.165, 1.54) is 25.7 Å². The fourth-order valence-electron chi connectivity index (χ4n) is 2.49. The third-order valence-corrected chi connectivity index (χ3v) is 3.65. The monoisotopic (exact) mass is 227 g/mol. The average molecular weight is 227 g/mol. The molecule has 2 heteroatoms. The van der Waals surface area contributed by atoms with Gasteiger partial charge < -0.3 is 10.1 Å². The van der Waals surface area contributed by atoms with Gasteiger partial charge in [-0.2, -0.15) is 0 Å². The van der Waals surface area contributed by atoms with Crippen LogP contribution in [0.2, 0.25) is 0 Å². The van der Waals surface area contributed by atoms with Gasteiger partial charge in [-0.05, 0) is 44.4 Å². The summed E-state index contributed by atoms with van der Waals surface area (Å²) in [5.74, 6) is 1.56. The first-order chi connectivity index (χ1) is 7.63. The van der Waals surface area contributed by atoms with Crippen molar-refractivity contribution in [3.63, 3.8) is 0 Å². The summed E-state index contributed by atoms with van der Waals surface area (Å²) < 4.78 is 5.48. The van der Waals surface area contributed by atoms with Gasteiger partial charge in [0.15, 0.2) is 0 Å². The topological polar surface area (TPSA) is 21.3 Å². The zero-order valence-corrected chi connectivity index (χ0v) is 11.5. The van der Waals surface area contributed by atoms with E-state index in [4.69, 9.17) is 4.74 Å². The summed E-state index contributed by atoms with van der Waals surface area (Å²) >= 11 is 0. The number of ether oxygens (including phenoxy) is 1. The Labute approximate surface area is 101 Å². The van der Waals surface area contributed by atoms with Crippen LogP contribution in [0.4, 0.5) is 0 Å². The van der Waals surface area contributed by atoms with Crippen LogP contribution in [-0.2, 0) is 4.74 Å². The van der Waals surface area contributed by atoms with Crippen molar-refractivity contribution in [3.05, 3.63) is 0 Å². The number of hydrogen-bond acceptors (Lipinski definition) is 2. The van der Waals surface area contributed by atoms with E-state index in [2.05, 4.69) is 33.0 Å². The van der Waals surface area contributed by atoms with Crippen LogP contribution in [0.3, 0.4) is 0 Å². The van der Waals surface area contributed by atoms with Crippen LogP contribution in [0.1, 0.15) is 53.4 Å². The molecule has 16 heavy (non-hydrogen) atoms. The molecule has 0 saturated carbocycles. The van der Waals surface area contributed by atoms with E-state index in [0.717, 1.165) is 25.0 Å². The van der Waals surface area contributed by atoms with Crippen molar-refractivity contribution in [2.75, 3.05) is 13.2 Å². The van der Waals surface area contributed by atoms with Crippen LogP contribution >= 0.6 is 0 Å². The molecule has 0 spiro atoms. The van der Waals surface area contributed by atoms with Crippen molar-refractivity contribution in [1.82, 2.24) is 5.32 Å². The highest BCUT2D eigenvalue weighted by Crippen LogP contribution is 2.20. The Morgan fingerprint density at radius 1 is 1.25 bits per heavy atom. The molecule has 96 valence electrons. The van der Waals surface area contributed by atoms with Gasteiger partial charge in [-0.25, -0.2) is 0 Å². The second kappa shape index (κ2) is 7.29. The lowest BCUT2D eigenvalue weighted by molar-refractivity contribution is 0.173. The molecule has 1 rings (SSSR count). The van der Waals surface area contributed by atoms with E-state index < -0.39 is 0 Å². The third kappa shape index (κ3) is 4.84. The highest BCUT2D eigenvalue weighted by atomic mass is 16.5. The molecule has 0 bridgehead atoms. The van der Waals surface area contributed by atoms with Gasteiger partial charge in [0, 0.05) is 18.7 Å². The van der Waals surface area contributed by atoms with Crippen LogP contribution in [-0.4, -0.2) is 25.3 Å². The largest absolute Gasteiger partial charge is 0.381 e.